The van der Waals surface area contributed by atoms with Crippen molar-refractivity contribution in [2.24, 2.45) is 0 Å². The summed E-state index contributed by atoms with van der Waals surface area (Å²) in [6, 6.07) is 0. The zero-order valence-electron chi connectivity index (χ0n) is 15.2. The molecule has 0 saturated carbocycles. The molecule has 2 N–H and O–H groups in total. The van der Waals surface area contributed by atoms with E-state index < -0.39 is 10.4 Å². The normalized spacial score (nSPS) is 10.2. The van der Waals surface area contributed by atoms with Gasteiger partial charge in [0.2, 0.25) is 0 Å². The van der Waals surface area contributed by atoms with Crippen molar-refractivity contribution in [1.29, 1.82) is 0 Å². The molecule has 0 aliphatic heterocycles. The fourth-order valence-electron chi connectivity index (χ4n) is 1.81. The van der Waals surface area contributed by atoms with E-state index in [2.05, 4.69) is 6.92 Å². The van der Waals surface area contributed by atoms with Crippen LogP contribution in [0.3, 0.4) is 0 Å². The molecule has 0 amide bonds. The Morgan fingerprint density at radius 1 is 0.909 bits per heavy atom. The number of rotatable bonds is 11. The van der Waals surface area contributed by atoms with Crippen LogP contribution < -0.4 is 29.6 Å². The fraction of sp³-hybridized carbons (Fsp3) is 0.929. The van der Waals surface area contributed by atoms with Crippen molar-refractivity contribution in [2.45, 2.75) is 78.1 Å². The molecule has 0 aliphatic rings. The van der Waals surface area contributed by atoms with E-state index in [9.17, 15) is 4.79 Å². The molecule has 0 heterocycles. The number of esters is 1. The molecule has 0 aliphatic carbocycles. The Morgan fingerprint density at radius 2 is 1.23 bits per heavy atom. The van der Waals surface area contributed by atoms with Gasteiger partial charge in [0.15, 0.2) is 0 Å². The molecule has 6 nitrogen and oxygen atoms in total. The Balaban J connectivity index is -0.000000225. The summed E-state index contributed by atoms with van der Waals surface area (Å²) in [6.07, 6.45) is 13.1. The molecule has 22 heavy (non-hydrogen) atoms. The van der Waals surface area contributed by atoms with Crippen LogP contribution in [0.1, 0.15) is 79.5 Å². The number of hydrogen-bond donors (Lipinski definition) is 2. The minimum atomic E-state index is -4.67. The summed E-state index contributed by atoms with van der Waals surface area (Å²) in [6.45, 7) is 4.32. The predicted molar refractivity (Wildman–Crippen MR) is 83.8 cm³/mol. The van der Waals surface area contributed by atoms with Crippen LogP contribution in [0.5, 0.6) is 0 Å². The molecule has 0 radical (unpaired) electrons. The summed E-state index contributed by atoms with van der Waals surface area (Å²) in [5, 5.41) is 0. The maximum absolute atomic E-state index is 10.5. The second-order valence-corrected chi connectivity index (χ2v) is 5.87. The van der Waals surface area contributed by atoms with Crippen molar-refractivity contribution in [3.05, 3.63) is 0 Å². The van der Waals surface area contributed by atoms with Crippen molar-refractivity contribution in [2.75, 3.05) is 6.61 Å². The van der Waals surface area contributed by atoms with Gasteiger partial charge < -0.3 is 6.16 Å². The van der Waals surface area contributed by atoms with Crippen molar-refractivity contribution in [3.63, 3.8) is 0 Å². The molecule has 0 aromatic carbocycles. The largest absolute Gasteiger partial charge is 1.00 e. The van der Waals surface area contributed by atoms with Crippen molar-refractivity contribution in [3.8, 4) is 0 Å². The van der Waals surface area contributed by atoms with Crippen LogP contribution in [0.15, 0.2) is 0 Å². The van der Waals surface area contributed by atoms with E-state index in [0.29, 0.717) is 6.61 Å². The second-order valence-electron chi connectivity index (χ2n) is 4.97. The Hall–Kier alpha value is 0.340. The molecule has 0 unspecified atom stereocenters. The summed E-state index contributed by atoms with van der Waals surface area (Å²) in [5.41, 5.74) is 0. The summed E-state index contributed by atoms with van der Waals surface area (Å²) in [4.78, 5) is 10.5. The molecule has 130 valence electrons. The summed E-state index contributed by atoms with van der Waals surface area (Å²) >= 11 is 0. The average molecular weight is 350 g/mol. The SMILES string of the molecule is CCCCCCCCCCCCOC(C)=O.O=S(=O)(O)O.[H-].[Na+]. The molecule has 0 bridgehead atoms. The van der Waals surface area contributed by atoms with Crippen LogP contribution >= 0.6 is 0 Å². The first-order valence-electron chi connectivity index (χ1n) is 7.60. The quantitative estimate of drug-likeness (QED) is 0.249. The smallest absolute Gasteiger partial charge is 1.00 e. The van der Waals surface area contributed by atoms with Crippen LogP contribution in [0, 0.1) is 0 Å². The van der Waals surface area contributed by atoms with Gasteiger partial charge in [0, 0.05) is 6.92 Å². The van der Waals surface area contributed by atoms with Gasteiger partial charge in [-0.1, -0.05) is 64.7 Å². The van der Waals surface area contributed by atoms with Gasteiger partial charge in [-0.05, 0) is 6.42 Å². The van der Waals surface area contributed by atoms with Crippen molar-refractivity contribution >= 4 is 16.4 Å². The molecule has 0 aromatic heterocycles. The summed E-state index contributed by atoms with van der Waals surface area (Å²) in [7, 11) is -4.67. The maximum atomic E-state index is 10.5. The Bertz CT molecular complexity index is 330. The average Bonchev–Trinajstić information content (AvgIpc) is 2.33. The molecule has 0 fully saturated rings. The first-order chi connectivity index (χ1) is 9.77. The van der Waals surface area contributed by atoms with Gasteiger partial charge in [0.25, 0.3) is 0 Å². The third-order valence-electron chi connectivity index (χ3n) is 2.80. The second kappa shape index (κ2) is 19.4. The van der Waals surface area contributed by atoms with E-state index in [-0.39, 0.29) is 37.0 Å². The van der Waals surface area contributed by atoms with Gasteiger partial charge in [-0.25, -0.2) is 0 Å². The van der Waals surface area contributed by atoms with E-state index in [0.717, 1.165) is 6.42 Å². The van der Waals surface area contributed by atoms with Gasteiger partial charge in [-0.2, -0.15) is 8.42 Å². The molecule has 0 rings (SSSR count). The molecular formula is C14H31NaO6S. The molecule has 0 aromatic rings. The van der Waals surface area contributed by atoms with Gasteiger partial charge in [0.1, 0.15) is 0 Å². The molecule has 0 atom stereocenters. The predicted octanol–water partition coefficient (Wildman–Crippen LogP) is 0.934. The van der Waals surface area contributed by atoms with E-state index in [1.54, 1.807) is 0 Å². The third-order valence-corrected chi connectivity index (χ3v) is 2.80. The first-order valence-corrected chi connectivity index (χ1v) is 9.00. The van der Waals surface area contributed by atoms with Crippen molar-refractivity contribution in [1.82, 2.24) is 0 Å². The first kappa shape index (κ1) is 27.2. The standard InChI is InChI=1S/C14H28O2.Na.H2O4S.H/c1-3-4-5-6-7-8-9-10-11-12-13-16-14(2)15;;1-5(2,3)4;/h3-13H2,1-2H3;;(H2,1,2,3,4);/q;+1;;-1. The van der Waals surface area contributed by atoms with Crippen molar-refractivity contribution < 1.29 is 58.0 Å². The van der Waals surface area contributed by atoms with E-state index >= 15 is 0 Å². The van der Waals surface area contributed by atoms with Gasteiger partial charge in [-0.3, -0.25) is 13.9 Å². The minimum Gasteiger partial charge on any atom is -1.00 e. The summed E-state index contributed by atoms with van der Waals surface area (Å²) in [5.74, 6) is -0.157. The zero-order chi connectivity index (χ0) is 16.6. The van der Waals surface area contributed by atoms with Crippen LogP contribution in [0.25, 0.3) is 0 Å². The molecule has 8 heteroatoms. The fourth-order valence-corrected chi connectivity index (χ4v) is 1.81. The number of carbonyl (C=O) groups excluding carboxylic acids is 1. The van der Waals surface area contributed by atoms with Gasteiger partial charge >= 0.3 is 45.9 Å². The number of unbranched alkanes of at least 4 members (excludes halogenated alkanes) is 9. The van der Waals surface area contributed by atoms with E-state index in [1.165, 1.54) is 64.7 Å². The van der Waals surface area contributed by atoms with Gasteiger partial charge in [-0.15, -0.1) is 0 Å². The van der Waals surface area contributed by atoms with E-state index in [1.807, 2.05) is 0 Å². The van der Waals surface area contributed by atoms with E-state index in [4.69, 9.17) is 22.3 Å². The minimum absolute atomic E-state index is 0. The van der Waals surface area contributed by atoms with Gasteiger partial charge in [0.05, 0.1) is 6.61 Å². The Morgan fingerprint density at radius 3 is 1.55 bits per heavy atom. The zero-order valence-corrected chi connectivity index (χ0v) is 17.0. The third kappa shape index (κ3) is 42.8. The monoisotopic (exact) mass is 350 g/mol. The van der Waals surface area contributed by atoms with Crippen LogP contribution in [-0.2, 0) is 19.9 Å². The number of ether oxygens (including phenoxy) is 1. The maximum Gasteiger partial charge on any atom is 1.00 e. The van der Waals surface area contributed by atoms with Crippen LogP contribution in [0.4, 0.5) is 0 Å². The Labute approximate surface area is 158 Å². The van der Waals surface area contributed by atoms with Crippen LogP contribution in [-0.4, -0.2) is 30.1 Å². The topological polar surface area (TPSA) is 101 Å². The molecular weight excluding hydrogens is 319 g/mol. The molecule has 0 saturated heterocycles. The number of carbonyl (C=O) groups is 1. The molecule has 0 spiro atoms. The summed E-state index contributed by atoms with van der Waals surface area (Å²) < 4.78 is 36.5. The van der Waals surface area contributed by atoms with Crippen LogP contribution in [0.2, 0.25) is 0 Å². The Kier molecular flexibility index (Phi) is 24.0. The number of hydrogen-bond acceptors (Lipinski definition) is 4.